The van der Waals surface area contributed by atoms with Crippen molar-refractivity contribution in [2.45, 2.75) is 86.3 Å². The zero-order valence-electron chi connectivity index (χ0n) is 52.0. The fraction of sp³-hybridized carbons (Fsp3) is 0.344. The van der Waals surface area contributed by atoms with Crippen LogP contribution in [0.15, 0.2) is 79.0 Å². The number of rotatable bonds is 12. The van der Waals surface area contributed by atoms with Crippen molar-refractivity contribution in [2.75, 3.05) is 54.5 Å². The second kappa shape index (κ2) is 32.1. The molecule has 0 aliphatic carbocycles. The Kier molecular flexibility index (Phi) is 26.8. The molecule has 8 rings (SSSR count). The monoisotopic (exact) mass is 1360 g/mol. The molecule has 0 amide bonds. The van der Waals surface area contributed by atoms with Crippen molar-refractivity contribution in [3.8, 4) is 28.7 Å². The number of aryl methyl sites for hydroxylation is 3. The smallest absolute Gasteiger partial charge is 0.420 e. The zero-order valence-corrected chi connectivity index (χ0v) is 52.0. The lowest BCUT2D eigenvalue weighted by atomic mass is 10.1. The van der Waals surface area contributed by atoms with E-state index in [-0.39, 0.29) is 63.6 Å². The van der Waals surface area contributed by atoms with E-state index < -0.39 is 92.9 Å². The Bertz CT molecular complexity index is 3980. The molecule has 1 unspecified atom stereocenters. The summed E-state index contributed by atoms with van der Waals surface area (Å²) in [5.41, 5.74) is 3.59. The van der Waals surface area contributed by atoms with Crippen molar-refractivity contribution in [3.05, 3.63) is 145 Å². The molecular formula is C61H62F15N5O13. The minimum absolute atomic E-state index is 0.0631. The van der Waals surface area contributed by atoms with Crippen LogP contribution in [-0.4, -0.2) is 92.1 Å². The van der Waals surface area contributed by atoms with Crippen molar-refractivity contribution < 1.29 is 123 Å². The van der Waals surface area contributed by atoms with E-state index in [2.05, 4.69) is 29.2 Å². The van der Waals surface area contributed by atoms with Gasteiger partial charge < -0.3 is 53.8 Å². The van der Waals surface area contributed by atoms with Crippen LogP contribution in [0.25, 0.3) is 32.7 Å². The van der Waals surface area contributed by atoms with Gasteiger partial charge in [0, 0.05) is 63.6 Å². The number of aromatic nitrogens is 3. The number of alkyl halides is 15. The lowest BCUT2D eigenvalue weighted by Gasteiger charge is -2.12. The van der Waals surface area contributed by atoms with Crippen LogP contribution in [0.4, 0.5) is 77.2 Å². The molecule has 0 bridgehead atoms. The Morgan fingerprint density at radius 1 is 0.511 bits per heavy atom. The molecule has 5 N–H and O–H groups in total. The number of halogens is 15. The van der Waals surface area contributed by atoms with Gasteiger partial charge in [-0.15, -0.1) is 0 Å². The first-order chi connectivity index (χ1) is 43.4. The lowest BCUT2D eigenvalue weighted by molar-refractivity contribution is -0.385. The molecule has 33 heteroatoms. The highest BCUT2D eigenvalue weighted by Gasteiger charge is 2.39. The van der Waals surface area contributed by atoms with Crippen molar-refractivity contribution in [1.29, 1.82) is 0 Å². The summed E-state index contributed by atoms with van der Waals surface area (Å²) in [4.78, 5) is 62.0. The van der Waals surface area contributed by atoms with E-state index in [9.17, 15) is 95.1 Å². The van der Waals surface area contributed by atoms with Crippen LogP contribution in [-0.2, 0) is 49.9 Å². The van der Waals surface area contributed by atoms with Crippen LogP contribution in [0.5, 0.6) is 28.7 Å². The molecule has 0 saturated heterocycles. The van der Waals surface area contributed by atoms with Gasteiger partial charge >= 0.3 is 42.8 Å². The minimum atomic E-state index is -4.67. The zero-order chi connectivity index (χ0) is 71.9. The van der Waals surface area contributed by atoms with Crippen LogP contribution in [0.2, 0.25) is 0 Å². The maximum absolute atomic E-state index is 13.0. The summed E-state index contributed by atoms with van der Waals surface area (Å²) in [6.45, 7) is 13.3. The molecule has 94 heavy (non-hydrogen) atoms. The fourth-order valence-corrected chi connectivity index (χ4v) is 8.34. The van der Waals surface area contributed by atoms with E-state index in [4.69, 9.17) is 24.7 Å². The second-order valence-corrected chi connectivity index (χ2v) is 19.5. The molecular weight excluding hydrogens is 1300 g/mol. The number of nitro groups is 1. The highest BCUT2D eigenvalue weighted by molar-refractivity contribution is 6.02. The van der Waals surface area contributed by atoms with E-state index >= 15 is 0 Å². The molecule has 3 aromatic heterocycles. The maximum Gasteiger partial charge on any atom is 0.420 e. The SMILES string of the molecule is CCOC(=O)C(C)C(C)=O.CCOC(=O)c1[nH]c2cc(C(F)(F)F)c(OC)cc2c1C.COc1cc2c(C)c(C(C)=O)[nH]c2cc1C(F)(F)F.COc1cc2c(C)c[nH]c2cc1C(F)(F)F.COc1ccc(N)cc1C(F)(F)F.COc1ccc([N+](=O)[O-])cc1C(F)(F)F. The number of nitrogens with one attached hydrogen (secondary N) is 3. The number of carbonyl (C=O) groups excluding carboxylic acids is 4. The number of H-pyrrole nitrogens is 3. The molecule has 0 spiro atoms. The van der Waals surface area contributed by atoms with Crippen LogP contribution in [0.3, 0.4) is 0 Å². The number of hydrogen-bond donors (Lipinski definition) is 4. The summed E-state index contributed by atoms with van der Waals surface area (Å²) in [5, 5.41) is 12.1. The number of nitrogens with two attached hydrogens (primary N) is 1. The number of nitrogen functional groups attached to an aromatic ring is 1. The van der Waals surface area contributed by atoms with Crippen molar-refractivity contribution in [2.24, 2.45) is 5.92 Å². The summed E-state index contributed by atoms with van der Waals surface area (Å²) in [5.74, 6) is -3.37. The summed E-state index contributed by atoms with van der Waals surface area (Å²) < 4.78 is 222. The lowest BCUT2D eigenvalue weighted by Crippen LogP contribution is -2.20. The highest BCUT2D eigenvalue weighted by atomic mass is 19.4. The van der Waals surface area contributed by atoms with Gasteiger partial charge in [0.15, 0.2) is 5.78 Å². The second-order valence-electron chi connectivity index (χ2n) is 19.5. The molecule has 514 valence electrons. The summed E-state index contributed by atoms with van der Waals surface area (Å²) in [6.07, 6.45) is -20.9. The van der Waals surface area contributed by atoms with Gasteiger partial charge in [-0.1, -0.05) is 0 Å². The Labute approximate surface area is 524 Å². The predicted molar refractivity (Wildman–Crippen MR) is 313 cm³/mol. The number of hydrogen-bond acceptors (Lipinski definition) is 14. The van der Waals surface area contributed by atoms with Crippen LogP contribution in [0.1, 0.15) is 100 Å². The standard InChI is InChI=1S/C14H14F3NO3.C13H12F3NO2.C11H10F3NO.C8H6F3NO3.C8H8F3NO.C7H12O3/c1-4-21-13(19)12-7(2)8-5-11(20-3)9(14(15,16)17)6-10(8)18-12;1-6-8-4-11(19-3)9(13(14,15)16)5-10(8)17-12(6)7(2)18;1-6-5-15-9-4-8(11(12,13)14)10(16-2)3-7(6)9;1-15-7-3-2-5(12(13)14)4-6(7)8(9,10)11;1-13-7-3-2-5(12)4-6(7)8(9,10)11;1-4-10-7(9)5(2)6(3)8/h5-6,18H,4H2,1-3H3;4-5,17H,1-3H3;3-5,15H,1-2H3;2-4H,1H3;2-4H,12H2,1H3;5H,4H2,1-3H3. The number of nitro benzene ring substituents is 1. The number of benzene rings is 5. The number of methoxy groups -OCH3 is 5. The Hall–Kier alpha value is -9.85. The summed E-state index contributed by atoms with van der Waals surface area (Å²) in [7, 11) is 5.84. The van der Waals surface area contributed by atoms with Gasteiger partial charge in [0.1, 0.15) is 51.7 Å². The Balaban J connectivity index is 0.000000298. The van der Waals surface area contributed by atoms with E-state index in [1.165, 1.54) is 72.6 Å². The Morgan fingerprint density at radius 3 is 1.24 bits per heavy atom. The number of fused-ring (bicyclic) bond motifs is 3. The first-order valence-corrected chi connectivity index (χ1v) is 26.9. The van der Waals surface area contributed by atoms with Crippen LogP contribution >= 0.6 is 0 Å². The molecule has 5 aromatic carbocycles. The van der Waals surface area contributed by atoms with Crippen LogP contribution in [0, 0.1) is 36.8 Å². The van der Waals surface area contributed by atoms with Gasteiger partial charge in [-0.3, -0.25) is 24.5 Å². The molecule has 0 radical (unpaired) electrons. The normalized spacial score (nSPS) is 11.7. The molecule has 0 aliphatic rings. The van der Waals surface area contributed by atoms with E-state index in [1.54, 1.807) is 40.8 Å². The third-order valence-electron chi connectivity index (χ3n) is 13.2. The van der Waals surface area contributed by atoms with Crippen molar-refractivity contribution in [3.63, 3.8) is 0 Å². The average Bonchev–Trinajstić information content (AvgIpc) is 2.33. The molecule has 0 saturated carbocycles. The van der Waals surface area contributed by atoms with Gasteiger partial charge in [0.2, 0.25) is 0 Å². The molecule has 18 nitrogen and oxygen atoms in total. The summed E-state index contributed by atoms with van der Waals surface area (Å²) in [6, 6.07) is 12.7. The van der Waals surface area contributed by atoms with E-state index in [1.807, 2.05) is 6.92 Å². The molecule has 0 fully saturated rings. The topological polar surface area (TPSA) is 249 Å². The number of non-ortho nitro benzene ring substituents is 1. The van der Waals surface area contributed by atoms with E-state index in [0.717, 1.165) is 54.5 Å². The quantitative estimate of drug-likeness (QED) is 0.0169. The van der Waals surface area contributed by atoms with Gasteiger partial charge in [-0.2, -0.15) is 65.9 Å². The van der Waals surface area contributed by atoms with Gasteiger partial charge in [0.05, 0.1) is 81.6 Å². The highest BCUT2D eigenvalue weighted by Crippen LogP contribution is 2.44. The number of anilines is 1. The average molecular weight is 1360 g/mol. The van der Waals surface area contributed by atoms with E-state index in [0.29, 0.717) is 45.8 Å². The number of carbonyl (C=O) groups is 4. The third kappa shape index (κ3) is 20.3. The van der Waals surface area contributed by atoms with Gasteiger partial charge in [0.25, 0.3) is 5.69 Å². The molecule has 1 atom stereocenters. The number of aromatic amines is 3. The van der Waals surface area contributed by atoms with Gasteiger partial charge in [-0.05, 0) is 126 Å². The number of esters is 2. The number of ketones is 2. The maximum atomic E-state index is 13.0. The number of Topliss-reactive ketones (excluding diaryl/α,β-unsaturated/α-hetero) is 2. The molecule has 0 aliphatic heterocycles. The third-order valence-corrected chi connectivity index (χ3v) is 13.2. The predicted octanol–water partition coefficient (Wildman–Crippen LogP) is 16.6. The van der Waals surface area contributed by atoms with Crippen LogP contribution < -0.4 is 29.4 Å². The first-order valence-electron chi connectivity index (χ1n) is 26.9. The minimum Gasteiger partial charge on any atom is -0.496 e. The molecule has 3 heterocycles. The van der Waals surface area contributed by atoms with Gasteiger partial charge in [-0.25, -0.2) is 4.79 Å². The molecule has 8 aromatic rings. The number of nitrogens with zero attached hydrogens (tertiary/aromatic N) is 1. The summed E-state index contributed by atoms with van der Waals surface area (Å²) >= 11 is 0. The first kappa shape index (κ1) is 78.4. The fourth-order valence-electron chi connectivity index (χ4n) is 8.34. The largest absolute Gasteiger partial charge is 0.496 e. The van der Waals surface area contributed by atoms with Crippen molar-refractivity contribution in [1.82, 2.24) is 15.0 Å². The van der Waals surface area contributed by atoms with Crippen molar-refractivity contribution >= 4 is 67.6 Å². The number of ether oxygens (including phenoxy) is 7. The Morgan fingerprint density at radius 2 is 0.872 bits per heavy atom.